The number of esters is 1. The van der Waals surface area contributed by atoms with E-state index in [9.17, 15) is 9.90 Å². The zero-order valence-electron chi connectivity index (χ0n) is 16.5. The van der Waals surface area contributed by atoms with Gasteiger partial charge in [0.25, 0.3) is 0 Å². The zero-order chi connectivity index (χ0) is 20.9. The maximum absolute atomic E-state index is 11.9. The summed E-state index contributed by atoms with van der Waals surface area (Å²) in [5, 5.41) is 10.9. The molecule has 5 atom stereocenters. The largest absolute Gasteiger partial charge is 0.491 e. The highest BCUT2D eigenvalue weighted by atomic mass is 35.5. The summed E-state index contributed by atoms with van der Waals surface area (Å²) < 4.78 is 23.1. The molecule has 1 heterocycles. The molecule has 2 bridgehead atoms. The van der Waals surface area contributed by atoms with Crippen LogP contribution < -0.4 is 4.74 Å². The molecule has 7 heteroatoms. The fourth-order valence-corrected chi connectivity index (χ4v) is 4.12. The molecule has 2 aromatic rings. The Kier molecular flexibility index (Phi) is 6.89. The molecular weight excluding hydrogens is 408 g/mol. The highest BCUT2D eigenvalue weighted by molar-refractivity contribution is 6.30. The predicted molar refractivity (Wildman–Crippen MR) is 110 cm³/mol. The second-order valence-electron chi connectivity index (χ2n) is 7.68. The molecule has 1 aliphatic heterocycles. The molecule has 30 heavy (non-hydrogen) atoms. The van der Waals surface area contributed by atoms with Gasteiger partial charge in [0, 0.05) is 17.4 Å². The Morgan fingerprint density at radius 1 is 1.07 bits per heavy atom. The van der Waals surface area contributed by atoms with Gasteiger partial charge in [-0.05, 0) is 29.8 Å². The summed E-state index contributed by atoms with van der Waals surface area (Å²) in [6.45, 7) is 0.665. The van der Waals surface area contributed by atoms with Crippen molar-refractivity contribution >= 4 is 17.6 Å². The Hall–Kier alpha value is -2.12. The van der Waals surface area contributed by atoms with Crippen LogP contribution in [0.1, 0.15) is 18.4 Å². The topological polar surface area (TPSA) is 74.2 Å². The molecule has 1 saturated heterocycles. The molecule has 0 spiro atoms. The number of halogens is 1. The van der Waals surface area contributed by atoms with E-state index in [0.29, 0.717) is 23.8 Å². The fourth-order valence-electron chi connectivity index (χ4n) is 3.99. The second-order valence-corrected chi connectivity index (χ2v) is 8.12. The number of carbonyl (C=O) groups is 1. The standard InChI is InChI=1S/C23H25ClO6/c24-16-6-8-18(9-7-16)27-13-17(25)14-29-23-19-10-22(26)30-21(23)11-20(19)28-12-15-4-2-1-3-5-15/h1-9,17,19-21,23,25H,10-14H2/t17?,19?,20?,21-,23?/m1/s1. The van der Waals surface area contributed by atoms with Gasteiger partial charge < -0.3 is 24.1 Å². The summed E-state index contributed by atoms with van der Waals surface area (Å²) in [6, 6.07) is 16.9. The SMILES string of the molecule is O=C1CC2C(OCc3ccccc3)C[C@@H](O1)C2OCC(O)COc1ccc(Cl)cc1. The number of benzene rings is 2. The first-order valence-corrected chi connectivity index (χ1v) is 10.5. The minimum Gasteiger partial charge on any atom is -0.491 e. The Morgan fingerprint density at radius 3 is 2.60 bits per heavy atom. The molecule has 0 amide bonds. The van der Waals surface area contributed by atoms with E-state index in [4.69, 9.17) is 30.5 Å². The molecule has 160 valence electrons. The van der Waals surface area contributed by atoms with E-state index in [1.54, 1.807) is 24.3 Å². The Labute approximate surface area is 180 Å². The van der Waals surface area contributed by atoms with E-state index in [1.807, 2.05) is 30.3 Å². The lowest BCUT2D eigenvalue weighted by molar-refractivity contribution is -0.172. The summed E-state index contributed by atoms with van der Waals surface area (Å²) in [5.41, 5.74) is 1.08. The van der Waals surface area contributed by atoms with Gasteiger partial charge in [0.05, 0.1) is 25.7 Å². The number of hydrogen-bond donors (Lipinski definition) is 1. The molecule has 2 aliphatic rings. The van der Waals surface area contributed by atoms with Crippen LogP contribution in [0.4, 0.5) is 0 Å². The van der Waals surface area contributed by atoms with Gasteiger partial charge in [-0.1, -0.05) is 41.9 Å². The van der Waals surface area contributed by atoms with Gasteiger partial charge in [-0.3, -0.25) is 4.79 Å². The minimum absolute atomic E-state index is 0.0793. The third-order valence-electron chi connectivity index (χ3n) is 5.46. The van der Waals surface area contributed by atoms with Crippen LogP contribution in [-0.4, -0.2) is 48.7 Å². The van der Waals surface area contributed by atoms with E-state index < -0.39 is 6.10 Å². The predicted octanol–water partition coefficient (Wildman–Crippen LogP) is 3.39. The molecular formula is C23H25ClO6. The summed E-state index contributed by atoms with van der Waals surface area (Å²) in [6.07, 6.45) is -0.686. The molecule has 0 radical (unpaired) electrons. The minimum atomic E-state index is -0.804. The smallest absolute Gasteiger partial charge is 0.306 e. The van der Waals surface area contributed by atoms with E-state index in [2.05, 4.69) is 0 Å². The van der Waals surface area contributed by atoms with Crippen molar-refractivity contribution in [1.29, 1.82) is 0 Å². The molecule has 2 fully saturated rings. The molecule has 2 aromatic carbocycles. The Bertz CT molecular complexity index is 827. The van der Waals surface area contributed by atoms with Crippen LogP contribution in [-0.2, 0) is 25.6 Å². The van der Waals surface area contributed by atoms with Gasteiger partial charge in [-0.15, -0.1) is 0 Å². The summed E-state index contributed by atoms with van der Waals surface area (Å²) in [4.78, 5) is 11.9. The third-order valence-corrected chi connectivity index (χ3v) is 5.71. The molecule has 1 saturated carbocycles. The molecule has 1 N–H and O–H groups in total. The number of aliphatic hydroxyl groups is 1. The van der Waals surface area contributed by atoms with Crippen LogP contribution in [0.5, 0.6) is 5.75 Å². The Balaban J connectivity index is 1.27. The maximum Gasteiger partial charge on any atom is 0.306 e. The number of hydrogen-bond acceptors (Lipinski definition) is 6. The number of rotatable bonds is 9. The van der Waals surface area contributed by atoms with Gasteiger partial charge in [0.1, 0.15) is 30.7 Å². The Morgan fingerprint density at radius 2 is 1.83 bits per heavy atom. The number of carbonyl (C=O) groups excluding carboxylic acids is 1. The third kappa shape index (κ3) is 5.32. The van der Waals surface area contributed by atoms with Crippen LogP contribution in [0.25, 0.3) is 0 Å². The van der Waals surface area contributed by atoms with E-state index in [0.717, 1.165) is 5.56 Å². The quantitative estimate of drug-likeness (QED) is 0.612. The van der Waals surface area contributed by atoms with Crippen molar-refractivity contribution in [1.82, 2.24) is 0 Å². The van der Waals surface area contributed by atoms with Crippen LogP contribution in [0.15, 0.2) is 54.6 Å². The lowest BCUT2D eigenvalue weighted by Gasteiger charge is -2.31. The highest BCUT2D eigenvalue weighted by Crippen LogP contribution is 2.40. The molecule has 6 nitrogen and oxygen atoms in total. The summed E-state index contributed by atoms with van der Waals surface area (Å²) in [5.74, 6) is 0.325. The van der Waals surface area contributed by atoms with Crippen molar-refractivity contribution in [2.75, 3.05) is 13.2 Å². The normalized spacial score (nSPS) is 26.3. The number of aliphatic hydroxyl groups excluding tert-OH is 1. The maximum atomic E-state index is 11.9. The van der Waals surface area contributed by atoms with Crippen LogP contribution in [0.2, 0.25) is 5.02 Å². The molecule has 0 aromatic heterocycles. The van der Waals surface area contributed by atoms with Gasteiger partial charge in [0.15, 0.2) is 0 Å². The zero-order valence-corrected chi connectivity index (χ0v) is 17.2. The number of ether oxygens (including phenoxy) is 4. The van der Waals surface area contributed by atoms with Gasteiger partial charge in [-0.2, -0.15) is 0 Å². The van der Waals surface area contributed by atoms with Gasteiger partial charge in [0.2, 0.25) is 0 Å². The number of fused-ring (bicyclic) bond motifs is 2. The first-order valence-electron chi connectivity index (χ1n) is 10.1. The van der Waals surface area contributed by atoms with Crippen molar-refractivity contribution in [3.63, 3.8) is 0 Å². The monoisotopic (exact) mass is 432 g/mol. The van der Waals surface area contributed by atoms with Crippen LogP contribution >= 0.6 is 11.6 Å². The van der Waals surface area contributed by atoms with Crippen LogP contribution in [0, 0.1) is 5.92 Å². The van der Waals surface area contributed by atoms with Crippen molar-refractivity contribution in [2.45, 2.75) is 43.9 Å². The molecule has 1 aliphatic carbocycles. The summed E-state index contributed by atoms with van der Waals surface area (Å²) in [7, 11) is 0. The van der Waals surface area contributed by atoms with Gasteiger partial charge in [-0.25, -0.2) is 0 Å². The molecule has 4 rings (SSSR count). The highest BCUT2D eigenvalue weighted by Gasteiger charge is 2.51. The van der Waals surface area contributed by atoms with Gasteiger partial charge >= 0.3 is 5.97 Å². The van der Waals surface area contributed by atoms with Crippen molar-refractivity contribution in [2.24, 2.45) is 5.92 Å². The van der Waals surface area contributed by atoms with E-state index in [1.165, 1.54) is 0 Å². The second kappa shape index (κ2) is 9.79. The lowest BCUT2D eigenvalue weighted by Crippen LogP contribution is -2.42. The van der Waals surface area contributed by atoms with E-state index >= 15 is 0 Å². The van der Waals surface area contributed by atoms with Crippen molar-refractivity contribution < 1.29 is 28.8 Å². The lowest BCUT2D eigenvalue weighted by atomic mass is 9.97. The van der Waals surface area contributed by atoms with Crippen LogP contribution in [0.3, 0.4) is 0 Å². The average molecular weight is 433 g/mol. The first-order chi connectivity index (χ1) is 14.6. The van der Waals surface area contributed by atoms with Crippen molar-refractivity contribution in [3.05, 3.63) is 65.2 Å². The fraction of sp³-hybridized carbons (Fsp3) is 0.435. The van der Waals surface area contributed by atoms with Crippen molar-refractivity contribution in [3.8, 4) is 5.75 Å². The summed E-state index contributed by atoms with van der Waals surface area (Å²) >= 11 is 5.85. The average Bonchev–Trinajstić information content (AvgIpc) is 2.96. The molecule has 4 unspecified atom stereocenters. The first kappa shape index (κ1) is 21.1. The van der Waals surface area contributed by atoms with E-state index in [-0.39, 0.29) is 49.8 Å².